The lowest BCUT2D eigenvalue weighted by atomic mass is 9.99. The van der Waals surface area contributed by atoms with Crippen molar-refractivity contribution in [2.45, 2.75) is 38.0 Å². The Balaban J connectivity index is 3.94. The topological polar surface area (TPSA) is 46.5 Å². The summed E-state index contributed by atoms with van der Waals surface area (Å²) in [5.74, 6) is -0.917. The van der Waals surface area contributed by atoms with Gasteiger partial charge in [0.25, 0.3) is 0 Å². The maximum atomic E-state index is 11.7. The molecule has 1 unspecified atom stereocenters. The molecule has 0 bridgehead atoms. The van der Waals surface area contributed by atoms with E-state index < -0.39 is 24.2 Å². The summed E-state index contributed by atoms with van der Waals surface area (Å²) < 4.78 is 39.4. The number of aliphatic hydroxyl groups is 1. The molecular formula is C8H13F3O3. The Labute approximate surface area is 79.9 Å². The fourth-order valence-corrected chi connectivity index (χ4v) is 0.955. The van der Waals surface area contributed by atoms with Gasteiger partial charge >= 0.3 is 12.1 Å². The predicted octanol–water partition coefficient (Wildman–Crippen LogP) is 1.64. The number of carbonyl (C=O) groups is 1. The number of rotatable bonds is 4. The summed E-state index contributed by atoms with van der Waals surface area (Å²) >= 11 is 0. The largest absolute Gasteiger partial charge is 0.467 e. The van der Waals surface area contributed by atoms with E-state index in [0.717, 1.165) is 14.0 Å². The van der Waals surface area contributed by atoms with Crippen molar-refractivity contribution in [1.82, 2.24) is 0 Å². The third-order valence-corrected chi connectivity index (χ3v) is 1.75. The number of carbonyl (C=O) groups excluding carboxylic acids is 1. The molecule has 0 aliphatic carbocycles. The minimum absolute atomic E-state index is 0.265. The first-order valence-electron chi connectivity index (χ1n) is 4.06. The zero-order chi connectivity index (χ0) is 11.4. The van der Waals surface area contributed by atoms with Crippen LogP contribution >= 0.6 is 0 Å². The van der Waals surface area contributed by atoms with E-state index in [1.807, 2.05) is 0 Å². The van der Waals surface area contributed by atoms with Crippen LogP contribution in [0.1, 0.15) is 26.2 Å². The Kier molecular flexibility index (Phi) is 4.38. The number of halogens is 3. The fraction of sp³-hybridized carbons (Fsp3) is 0.875. The van der Waals surface area contributed by atoms with E-state index in [9.17, 15) is 23.1 Å². The van der Waals surface area contributed by atoms with Gasteiger partial charge in [0.05, 0.1) is 7.11 Å². The molecule has 0 saturated heterocycles. The van der Waals surface area contributed by atoms with E-state index in [1.165, 1.54) is 0 Å². The van der Waals surface area contributed by atoms with Crippen molar-refractivity contribution in [3.8, 4) is 0 Å². The summed E-state index contributed by atoms with van der Waals surface area (Å²) in [6, 6.07) is 0. The van der Waals surface area contributed by atoms with Gasteiger partial charge in [-0.05, 0) is 19.8 Å². The number of esters is 1. The average molecular weight is 214 g/mol. The molecule has 0 radical (unpaired) electrons. The molecular weight excluding hydrogens is 201 g/mol. The van der Waals surface area contributed by atoms with E-state index in [1.54, 1.807) is 0 Å². The predicted molar refractivity (Wildman–Crippen MR) is 42.5 cm³/mol. The minimum atomic E-state index is -4.26. The van der Waals surface area contributed by atoms with Gasteiger partial charge in [-0.15, -0.1) is 0 Å². The van der Waals surface area contributed by atoms with Crippen LogP contribution in [0.2, 0.25) is 0 Å². The Morgan fingerprint density at radius 1 is 1.36 bits per heavy atom. The zero-order valence-corrected chi connectivity index (χ0v) is 8.02. The number of hydrogen-bond donors (Lipinski definition) is 1. The molecule has 0 amide bonds. The van der Waals surface area contributed by atoms with Crippen LogP contribution < -0.4 is 0 Å². The first-order chi connectivity index (χ1) is 6.19. The van der Waals surface area contributed by atoms with Crippen LogP contribution in [0, 0.1) is 0 Å². The first-order valence-corrected chi connectivity index (χ1v) is 4.06. The Morgan fingerprint density at radius 2 is 1.86 bits per heavy atom. The molecule has 0 aromatic rings. The Hall–Kier alpha value is -0.780. The highest BCUT2D eigenvalue weighted by molar-refractivity contribution is 5.78. The van der Waals surface area contributed by atoms with E-state index >= 15 is 0 Å². The summed E-state index contributed by atoms with van der Waals surface area (Å²) in [4.78, 5) is 10.8. The van der Waals surface area contributed by atoms with Crippen LogP contribution in [-0.2, 0) is 9.53 Å². The molecule has 0 aliphatic heterocycles. The van der Waals surface area contributed by atoms with Crippen molar-refractivity contribution in [3.05, 3.63) is 0 Å². The molecule has 6 heteroatoms. The molecule has 3 nitrogen and oxygen atoms in total. The van der Waals surface area contributed by atoms with Crippen LogP contribution in [0.4, 0.5) is 13.2 Å². The van der Waals surface area contributed by atoms with E-state index in [0.29, 0.717) is 0 Å². The van der Waals surface area contributed by atoms with Gasteiger partial charge in [0, 0.05) is 6.42 Å². The van der Waals surface area contributed by atoms with Gasteiger partial charge in [0.15, 0.2) is 5.60 Å². The maximum Gasteiger partial charge on any atom is 0.389 e. The number of hydrogen-bond acceptors (Lipinski definition) is 3. The van der Waals surface area contributed by atoms with Crippen molar-refractivity contribution in [1.29, 1.82) is 0 Å². The molecule has 0 fully saturated rings. The van der Waals surface area contributed by atoms with Gasteiger partial charge in [-0.25, -0.2) is 4.79 Å². The molecule has 14 heavy (non-hydrogen) atoms. The Morgan fingerprint density at radius 3 is 2.21 bits per heavy atom. The van der Waals surface area contributed by atoms with Crippen LogP contribution in [0.3, 0.4) is 0 Å². The van der Waals surface area contributed by atoms with Crippen LogP contribution in [0.25, 0.3) is 0 Å². The third-order valence-electron chi connectivity index (χ3n) is 1.75. The summed E-state index contributed by atoms with van der Waals surface area (Å²) in [7, 11) is 1.07. The first kappa shape index (κ1) is 13.2. The summed E-state index contributed by atoms with van der Waals surface area (Å²) in [6.07, 6.45) is -5.84. The molecule has 84 valence electrons. The lowest BCUT2D eigenvalue weighted by molar-refractivity contribution is -0.163. The monoisotopic (exact) mass is 214 g/mol. The van der Waals surface area contributed by atoms with Gasteiger partial charge < -0.3 is 9.84 Å². The number of methoxy groups -OCH3 is 1. The SMILES string of the molecule is COC(=O)C(C)(O)CCCC(F)(F)F. The molecule has 1 N–H and O–H groups in total. The molecule has 0 aromatic carbocycles. The van der Waals surface area contributed by atoms with Gasteiger partial charge in [-0.1, -0.05) is 0 Å². The van der Waals surface area contributed by atoms with Gasteiger partial charge in [-0.2, -0.15) is 13.2 Å². The lowest BCUT2D eigenvalue weighted by Crippen LogP contribution is -2.36. The molecule has 0 rings (SSSR count). The maximum absolute atomic E-state index is 11.7. The van der Waals surface area contributed by atoms with Crippen LogP contribution in [-0.4, -0.2) is 30.0 Å². The van der Waals surface area contributed by atoms with E-state index in [4.69, 9.17) is 0 Å². The number of ether oxygens (including phenoxy) is 1. The van der Waals surface area contributed by atoms with Gasteiger partial charge in [-0.3, -0.25) is 0 Å². The average Bonchev–Trinajstić information content (AvgIpc) is 2.00. The van der Waals surface area contributed by atoms with E-state index in [-0.39, 0.29) is 12.8 Å². The van der Waals surface area contributed by atoms with Crippen molar-refractivity contribution >= 4 is 5.97 Å². The summed E-state index contributed by atoms with van der Waals surface area (Å²) in [5.41, 5.74) is -1.83. The molecule has 0 spiro atoms. The summed E-state index contributed by atoms with van der Waals surface area (Å²) in [5, 5.41) is 9.34. The highest BCUT2D eigenvalue weighted by Crippen LogP contribution is 2.25. The molecule has 0 heterocycles. The fourth-order valence-electron chi connectivity index (χ4n) is 0.955. The zero-order valence-electron chi connectivity index (χ0n) is 8.02. The standard InChI is InChI=1S/C8H13F3O3/c1-7(13,6(12)14-2)4-3-5-8(9,10)11/h13H,3-5H2,1-2H3. The quantitative estimate of drug-likeness (QED) is 0.723. The highest BCUT2D eigenvalue weighted by atomic mass is 19.4. The molecule has 0 aliphatic rings. The van der Waals surface area contributed by atoms with Crippen LogP contribution in [0.15, 0.2) is 0 Å². The third kappa shape index (κ3) is 5.06. The van der Waals surface area contributed by atoms with E-state index in [2.05, 4.69) is 4.74 Å². The second-order valence-corrected chi connectivity index (χ2v) is 3.23. The second kappa shape index (κ2) is 4.63. The molecule has 1 atom stereocenters. The van der Waals surface area contributed by atoms with Crippen molar-refractivity contribution in [2.24, 2.45) is 0 Å². The molecule has 0 aromatic heterocycles. The number of alkyl halides is 3. The van der Waals surface area contributed by atoms with Crippen molar-refractivity contribution in [3.63, 3.8) is 0 Å². The van der Waals surface area contributed by atoms with Crippen molar-refractivity contribution < 1.29 is 27.8 Å². The minimum Gasteiger partial charge on any atom is -0.467 e. The molecule has 0 saturated carbocycles. The second-order valence-electron chi connectivity index (χ2n) is 3.23. The normalized spacial score (nSPS) is 16.1. The van der Waals surface area contributed by atoms with Crippen molar-refractivity contribution in [2.75, 3.05) is 7.11 Å². The Bertz CT molecular complexity index is 198. The van der Waals surface area contributed by atoms with Gasteiger partial charge in [0.2, 0.25) is 0 Å². The lowest BCUT2D eigenvalue weighted by Gasteiger charge is -2.20. The van der Waals surface area contributed by atoms with Gasteiger partial charge in [0.1, 0.15) is 0 Å². The summed E-state index contributed by atoms with van der Waals surface area (Å²) in [6.45, 7) is 1.13. The smallest absolute Gasteiger partial charge is 0.389 e. The highest BCUT2D eigenvalue weighted by Gasteiger charge is 2.33. The van der Waals surface area contributed by atoms with Crippen LogP contribution in [0.5, 0.6) is 0 Å².